The Kier molecular flexibility index (Phi) is 6.57. The number of aliphatic imine (C=N–C) groups is 1. The molecule has 1 heterocycles. The zero-order chi connectivity index (χ0) is 25.9. The zero-order valence-electron chi connectivity index (χ0n) is 19.5. The van der Waals surface area contributed by atoms with Gasteiger partial charge in [-0.3, -0.25) is 10.1 Å². The average Bonchev–Trinajstić information content (AvgIpc) is 3.27. The van der Waals surface area contributed by atoms with Gasteiger partial charge in [-0.15, -0.1) is 0 Å². The molecule has 0 unspecified atom stereocenters. The number of fused-ring (bicyclic) bond motifs is 1. The Labute approximate surface area is 216 Å². The van der Waals surface area contributed by atoms with E-state index in [1.54, 1.807) is 30.3 Å². The highest BCUT2D eigenvalue weighted by Gasteiger charge is 2.25. The van der Waals surface area contributed by atoms with E-state index >= 15 is 0 Å². The minimum atomic E-state index is -0.579. The fourth-order valence-electron chi connectivity index (χ4n) is 3.89. The van der Waals surface area contributed by atoms with E-state index in [0.29, 0.717) is 22.4 Å². The summed E-state index contributed by atoms with van der Waals surface area (Å²) < 4.78 is 16.7. The van der Waals surface area contributed by atoms with Crippen LogP contribution in [0.2, 0.25) is 5.02 Å². The largest absolute Gasteiger partial charge is 0.493 e. The monoisotopic (exact) mass is 514 g/mol. The lowest BCUT2D eigenvalue weighted by Crippen LogP contribution is -2.05. The van der Waals surface area contributed by atoms with Gasteiger partial charge in [0.15, 0.2) is 17.2 Å². The van der Waals surface area contributed by atoms with E-state index in [1.165, 1.54) is 19.2 Å². The summed E-state index contributed by atoms with van der Waals surface area (Å²) in [5.74, 6) is 0.239. The zero-order valence-corrected chi connectivity index (χ0v) is 20.3. The van der Waals surface area contributed by atoms with Crippen molar-refractivity contribution in [2.45, 2.75) is 6.61 Å². The first kappa shape index (κ1) is 24.0. The molecular formula is C28H19ClN2O6. The maximum absolute atomic E-state index is 12.5. The van der Waals surface area contributed by atoms with Crippen LogP contribution in [0.4, 0.5) is 5.69 Å². The van der Waals surface area contributed by atoms with Crippen molar-refractivity contribution < 1.29 is 23.9 Å². The number of rotatable bonds is 7. The van der Waals surface area contributed by atoms with Crippen LogP contribution in [0.3, 0.4) is 0 Å². The fraction of sp³-hybridized carbons (Fsp3) is 0.0714. The molecule has 37 heavy (non-hydrogen) atoms. The van der Waals surface area contributed by atoms with Gasteiger partial charge in [0.25, 0.3) is 5.69 Å². The number of benzene rings is 4. The summed E-state index contributed by atoms with van der Waals surface area (Å²) in [7, 11) is 1.46. The second-order valence-electron chi connectivity index (χ2n) is 8.15. The quantitative estimate of drug-likeness (QED) is 0.123. The van der Waals surface area contributed by atoms with Crippen molar-refractivity contribution in [2.75, 3.05) is 7.11 Å². The van der Waals surface area contributed by atoms with Crippen LogP contribution in [0.15, 0.2) is 89.6 Å². The lowest BCUT2D eigenvalue weighted by Gasteiger charge is -2.13. The van der Waals surface area contributed by atoms with Crippen molar-refractivity contribution in [1.29, 1.82) is 0 Å². The number of halogens is 1. The maximum Gasteiger partial charge on any atom is 0.363 e. The standard InChI is InChI=1S/C28H19ClN2O6/c1-35-25-14-18(12-23(29)26(25)36-16-17-5-4-8-22(11-17)31(33)34)13-24-28(32)37-27(30-24)21-10-9-19-6-2-3-7-20(19)15-21/h2-15H,16H2,1H3/b24-13-. The van der Waals surface area contributed by atoms with E-state index in [1.807, 2.05) is 42.5 Å². The molecule has 0 bridgehead atoms. The molecule has 0 saturated heterocycles. The number of carbonyl (C=O) groups excluding carboxylic acids is 1. The third-order valence-electron chi connectivity index (χ3n) is 5.68. The van der Waals surface area contributed by atoms with E-state index in [4.69, 9.17) is 25.8 Å². The Morgan fingerprint density at radius 3 is 2.62 bits per heavy atom. The molecule has 9 heteroatoms. The highest BCUT2D eigenvalue weighted by molar-refractivity contribution is 6.32. The second kappa shape index (κ2) is 10.1. The van der Waals surface area contributed by atoms with Crippen LogP contribution in [0.25, 0.3) is 16.8 Å². The first-order valence-electron chi connectivity index (χ1n) is 11.2. The number of nitro benzene ring substituents is 1. The number of nitrogens with zero attached hydrogens (tertiary/aromatic N) is 2. The molecule has 0 saturated carbocycles. The Morgan fingerprint density at radius 2 is 1.84 bits per heavy atom. The number of nitro groups is 1. The topological polar surface area (TPSA) is 100 Å². The van der Waals surface area contributed by atoms with Crippen molar-refractivity contribution in [3.8, 4) is 11.5 Å². The highest BCUT2D eigenvalue weighted by Crippen LogP contribution is 2.38. The summed E-state index contributed by atoms with van der Waals surface area (Å²) in [4.78, 5) is 27.5. The van der Waals surface area contributed by atoms with Crippen LogP contribution < -0.4 is 9.47 Å². The summed E-state index contributed by atoms with van der Waals surface area (Å²) >= 11 is 6.47. The van der Waals surface area contributed by atoms with Crippen LogP contribution in [0, 0.1) is 10.1 Å². The fourth-order valence-corrected chi connectivity index (χ4v) is 4.17. The van der Waals surface area contributed by atoms with Gasteiger partial charge in [-0.2, -0.15) is 0 Å². The van der Waals surface area contributed by atoms with Gasteiger partial charge in [-0.05, 0) is 52.2 Å². The molecule has 0 radical (unpaired) electrons. The molecular weight excluding hydrogens is 496 g/mol. The summed E-state index contributed by atoms with van der Waals surface area (Å²) in [5, 5.41) is 13.3. The molecule has 0 amide bonds. The Morgan fingerprint density at radius 1 is 1.03 bits per heavy atom. The number of carbonyl (C=O) groups is 1. The minimum absolute atomic E-state index is 0.0341. The molecule has 0 aromatic heterocycles. The highest BCUT2D eigenvalue weighted by atomic mass is 35.5. The molecule has 5 rings (SSSR count). The van der Waals surface area contributed by atoms with Crippen molar-refractivity contribution >= 4 is 46.0 Å². The molecule has 0 aliphatic carbocycles. The van der Waals surface area contributed by atoms with Gasteiger partial charge in [0.1, 0.15) is 6.61 Å². The van der Waals surface area contributed by atoms with Crippen LogP contribution >= 0.6 is 11.6 Å². The van der Waals surface area contributed by atoms with Gasteiger partial charge in [0.05, 0.1) is 17.1 Å². The smallest absolute Gasteiger partial charge is 0.363 e. The lowest BCUT2D eigenvalue weighted by molar-refractivity contribution is -0.384. The molecule has 184 valence electrons. The van der Waals surface area contributed by atoms with Crippen LogP contribution in [-0.2, 0) is 16.1 Å². The van der Waals surface area contributed by atoms with E-state index in [9.17, 15) is 14.9 Å². The number of ether oxygens (including phenoxy) is 3. The summed E-state index contributed by atoms with van der Waals surface area (Å²) in [5.41, 5.74) is 1.93. The molecule has 0 fully saturated rings. The SMILES string of the molecule is COc1cc(/C=C2\N=C(c3ccc4ccccc4c3)OC2=O)cc(Cl)c1OCc1cccc([N+](=O)[O-])c1. The van der Waals surface area contributed by atoms with Crippen molar-refractivity contribution in [1.82, 2.24) is 0 Å². The van der Waals surface area contributed by atoms with E-state index in [2.05, 4.69) is 4.99 Å². The van der Waals surface area contributed by atoms with Gasteiger partial charge < -0.3 is 14.2 Å². The number of cyclic esters (lactones) is 1. The van der Waals surface area contributed by atoms with E-state index in [-0.39, 0.29) is 34.7 Å². The predicted molar refractivity (Wildman–Crippen MR) is 140 cm³/mol. The summed E-state index contributed by atoms with van der Waals surface area (Å²) in [6.45, 7) is 0.0456. The molecule has 1 aliphatic rings. The van der Waals surface area contributed by atoms with Crippen LogP contribution in [-0.4, -0.2) is 23.9 Å². The number of hydrogen-bond acceptors (Lipinski definition) is 7. The molecule has 4 aromatic carbocycles. The first-order valence-corrected chi connectivity index (χ1v) is 11.5. The van der Waals surface area contributed by atoms with Gasteiger partial charge in [0, 0.05) is 17.7 Å². The molecule has 0 spiro atoms. The summed E-state index contributed by atoms with van der Waals surface area (Å²) in [6, 6.07) is 23.0. The molecule has 8 nitrogen and oxygen atoms in total. The second-order valence-corrected chi connectivity index (χ2v) is 8.55. The lowest BCUT2D eigenvalue weighted by atomic mass is 10.1. The van der Waals surface area contributed by atoms with Gasteiger partial charge in [-0.25, -0.2) is 9.79 Å². The number of hydrogen-bond donors (Lipinski definition) is 0. The van der Waals surface area contributed by atoms with Crippen LogP contribution in [0.5, 0.6) is 11.5 Å². The molecule has 0 atom stereocenters. The Hall–Kier alpha value is -4.69. The number of esters is 1. The summed E-state index contributed by atoms with van der Waals surface area (Å²) in [6.07, 6.45) is 1.55. The van der Waals surface area contributed by atoms with Crippen molar-refractivity contribution in [3.63, 3.8) is 0 Å². The van der Waals surface area contributed by atoms with E-state index in [0.717, 1.165) is 10.8 Å². The Balaban J connectivity index is 1.39. The molecule has 1 aliphatic heterocycles. The van der Waals surface area contributed by atoms with Crippen molar-refractivity contribution in [2.24, 2.45) is 4.99 Å². The molecule has 4 aromatic rings. The number of methoxy groups -OCH3 is 1. The third kappa shape index (κ3) is 5.14. The third-order valence-corrected chi connectivity index (χ3v) is 5.96. The van der Waals surface area contributed by atoms with Crippen LogP contribution in [0.1, 0.15) is 16.7 Å². The maximum atomic E-state index is 12.5. The predicted octanol–water partition coefficient (Wildman–Crippen LogP) is 6.33. The minimum Gasteiger partial charge on any atom is -0.493 e. The van der Waals surface area contributed by atoms with Gasteiger partial charge in [0.2, 0.25) is 5.90 Å². The van der Waals surface area contributed by atoms with Gasteiger partial charge >= 0.3 is 5.97 Å². The molecule has 0 N–H and O–H groups in total. The average molecular weight is 515 g/mol. The van der Waals surface area contributed by atoms with Crippen molar-refractivity contribution in [3.05, 3.63) is 116 Å². The normalized spacial score (nSPS) is 13.9. The van der Waals surface area contributed by atoms with Gasteiger partial charge in [-0.1, -0.05) is 54.1 Å². The number of non-ortho nitro benzene ring substituents is 1. The van der Waals surface area contributed by atoms with E-state index < -0.39 is 10.9 Å². The first-order chi connectivity index (χ1) is 17.9. The Bertz CT molecular complexity index is 1610.